The fourth-order valence-electron chi connectivity index (χ4n) is 4.07. The predicted octanol–water partition coefficient (Wildman–Crippen LogP) is 1.41. The molecule has 2 heterocycles. The van der Waals surface area contributed by atoms with Gasteiger partial charge in [-0.15, -0.1) is 10.2 Å². The Kier molecular flexibility index (Phi) is 5.48. The van der Waals surface area contributed by atoms with Crippen LogP contribution in [0.15, 0.2) is 30.3 Å². The lowest BCUT2D eigenvalue weighted by atomic mass is 9.85. The molecule has 4 rings (SSSR count). The number of benzene rings is 1. The van der Waals surface area contributed by atoms with Gasteiger partial charge < -0.3 is 19.9 Å². The maximum Gasteiger partial charge on any atom is 0.318 e. The standard InChI is InChI=1S/C20H26N6O3/c1-2-24(13-18(27)28)16-10-15(11-16)21-20(29)25-8-9-26-17(12-25)22-23-19(26)14-6-4-3-5-7-14/h3-7,15-16H,2,8-13H2,1H3,(H,21,29)(H,27,28). The van der Waals surface area contributed by atoms with Crippen molar-refractivity contribution in [2.45, 2.75) is 44.9 Å². The van der Waals surface area contributed by atoms with E-state index in [1.54, 1.807) is 4.90 Å². The molecular weight excluding hydrogens is 372 g/mol. The largest absolute Gasteiger partial charge is 0.480 e. The van der Waals surface area contributed by atoms with E-state index in [9.17, 15) is 9.59 Å². The zero-order valence-corrected chi connectivity index (χ0v) is 16.5. The monoisotopic (exact) mass is 398 g/mol. The van der Waals surface area contributed by atoms with Gasteiger partial charge in [-0.25, -0.2) is 4.79 Å². The van der Waals surface area contributed by atoms with E-state index in [-0.39, 0.29) is 24.7 Å². The van der Waals surface area contributed by atoms with E-state index in [0.717, 1.165) is 30.1 Å². The molecule has 29 heavy (non-hydrogen) atoms. The summed E-state index contributed by atoms with van der Waals surface area (Å²) >= 11 is 0. The Balaban J connectivity index is 1.31. The van der Waals surface area contributed by atoms with Crippen LogP contribution in [0.1, 0.15) is 25.6 Å². The third-order valence-corrected chi connectivity index (χ3v) is 5.77. The van der Waals surface area contributed by atoms with Crippen molar-refractivity contribution in [3.8, 4) is 11.4 Å². The summed E-state index contributed by atoms with van der Waals surface area (Å²) in [4.78, 5) is 27.3. The summed E-state index contributed by atoms with van der Waals surface area (Å²) in [5.74, 6) is 0.808. The molecule has 0 atom stereocenters. The van der Waals surface area contributed by atoms with Crippen molar-refractivity contribution < 1.29 is 14.7 Å². The van der Waals surface area contributed by atoms with Gasteiger partial charge in [0, 0.05) is 30.7 Å². The zero-order valence-electron chi connectivity index (χ0n) is 16.5. The van der Waals surface area contributed by atoms with E-state index in [1.165, 1.54) is 0 Å². The molecule has 2 N–H and O–H groups in total. The highest BCUT2D eigenvalue weighted by Crippen LogP contribution is 2.26. The van der Waals surface area contributed by atoms with E-state index < -0.39 is 5.97 Å². The molecule has 2 aliphatic rings. The van der Waals surface area contributed by atoms with E-state index in [1.807, 2.05) is 42.2 Å². The predicted molar refractivity (Wildman–Crippen MR) is 106 cm³/mol. The van der Waals surface area contributed by atoms with Crippen LogP contribution in [-0.4, -0.2) is 73.4 Å². The van der Waals surface area contributed by atoms with Gasteiger partial charge in [-0.2, -0.15) is 0 Å². The van der Waals surface area contributed by atoms with Crippen LogP contribution < -0.4 is 5.32 Å². The molecule has 1 aromatic carbocycles. The number of nitrogens with zero attached hydrogens (tertiary/aromatic N) is 5. The lowest BCUT2D eigenvalue weighted by Crippen LogP contribution is -2.57. The summed E-state index contributed by atoms with van der Waals surface area (Å²) in [5.41, 5.74) is 1.02. The molecule has 1 aliphatic carbocycles. The van der Waals surface area contributed by atoms with Crippen LogP contribution in [-0.2, 0) is 17.9 Å². The lowest BCUT2D eigenvalue weighted by molar-refractivity contribution is -0.139. The molecule has 2 amide bonds. The number of hydrogen-bond donors (Lipinski definition) is 2. The van der Waals surface area contributed by atoms with Crippen LogP contribution in [0.25, 0.3) is 11.4 Å². The molecule has 0 saturated heterocycles. The number of aromatic nitrogens is 3. The van der Waals surface area contributed by atoms with Gasteiger partial charge in [-0.1, -0.05) is 37.3 Å². The van der Waals surface area contributed by atoms with Crippen molar-refractivity contribution >= 4 is 12.0 Å². The Morgan fingerprint density at radius 2 is 1.97 bits per heavy atom. The molecule has 1 saturated carbocycles. The summed E-state index contributed by atoms with van der Waals surface area (Å²) in [7, 11) is 0. The fraction of sp³-hybridized carbons (Fsp3) is 0.500. The second-order valence-electron chi connectivity index (χ2n) is 7.61. The summed E-state index contributed by atoms with van der Waals surface area (Å²) in [6.07, 6.45) is 1.57. The Labute approximate surface area is 169 Å². The highest BCUT2D eigenvalue weighted by Gasteiger charge is 2.36. The molecule has 9 heteroatoms. The average Bonchev–Trinajstić information content (AvgIpc) is 3.12. The first kappa shape index (κ1) is 19.4. The fourth-order valence-corrected chi connectivity index (χ4v) is 4.07. The van der Waals surface area contributed by atoms with Crippen LogP contribution in [0, 0.1) is 0 Å². The number of hydrogen-bond acceptors (Lipinski definition) is 5. The minimum atomic E-state index is -0.813. The van der Waals surface area contributed by atoms with Gasteiger partial charge in [0.05, 0.1) is 13.1 Å². The van der Waals surface area contributed by atoms with Crippen LogP contribution in [0.4, 0.5) is 4.79 Å². The molecule has 0 unspecified atom stereocenters. The highest BCUT2D eigenvalue weighted by atomic mass is 16.4. The Morgan fingerprint density at radius 3 is 2.66 bits per heavy atom. The van der Waals surface area contributed by atoms with E-state index in [2.05, 4.69) is 20.1 Å². The van der Waals surface area contributed by atoms with Crippen LogP contribution in [0.2, 0.25) is 0 Å². The van der Waals surface area contributed by atoms with Crippen molar-refractivity contribution in [2.24, 2.45) is 0 Å². The first-order valence-corrected chi connectivity index (χ1v) is 10.0. The molecule has 1 aliphatic heterocycles. The molecular formula is C20H26N6O3. The minimum absolute atomic E-state index is 0.0490. The van der Waals surface area contributed by atoms with Crippen molar-refractivity contribution in [2.75, 3.05) is 19.6 Å². The number of fused-ring (bicyclic) bond motifs is 1. The normalized spacial score (nSPS) is 20.8. The molecule has 0 radical (unpaired) electrons. The number of carboxylic acids is 1. The number of aliphatic carboxylic acids is 1. The van der Waals surface area contributed by atoms with Gasteiger partial charge in [0.25, 0.3) is 0 Å². The number of carboxylic acid groups (broad SMARTS) is 1. The van der Waals surface area contributed by atoms with Gasteiger partial charge in [-0.05, 0) is 19.4 Å². The zero-order chi connectivity index (χ0) is 20.4. The van der Waals surface area contributed by atoms with Gasteiger partial charge >= 0.3 is 12.0 Å². The minimum Gasteiger partial charge on any atom is -0.480 e. The molecule has 1 fully saturated rings. The Bertz CT molecular complexity index is 878. The van der Waals surface area contributed by atoms with Crippen molar-refractivity contribution in [3.63, 3.8) is 0 Å². The molecule has 2 aromatic rings. The maximum atomic E-state index is 12.7. The smallest absolute Gasteiger partial charge is 0.318 e. The number of carbonyl (C=O) groups excluding carboxylic acids is 1. The molecule has 1 aromatic heterocycles. The first-order chi connectivity index (χ1) is 14.0. The summed E-state index contributed by atoms with van der Waals surface area (Å²) in [6, 6.07) is 10.2. The number of carbonyl (C=O) groups is 2. The maximum absolute atomic E-state index is 12.7. The van der Waals surface area contributed by atoms with Gasteiger partial charge in [0.2, 0.25) is 0 Å². The van der Waals surface area contributed by atoms with E-state index in [4.69, 9.17) is 5.11 Å². The van der Waals surface area contributed by atoms with Gasteiger partial charge in [0.1, 0.15) is 0 Å². The number of urea groups is 1. The topological polar surface area (TPSA) is 104 Å². The van der Waals surface area contributed by atoms with Crippen molar-refractivity contribution in [1.29, 1.82) is 0 Å². The quantitative estimate of drug-likeness (QED) is 0.763. The lowest BCUT2D eigenvalue weighted by Gasteiger charge is -2.43. The number of nitrogens with one attached hydrogen (secondary N) is 1. The van der Waals surface area contributed by atoms with Gasteiger partial charge in [0.15, 0.2) is 11.6 Å². The second-order valence-corrected chi connectivity index (χ2v) is 7.61. The molecule has 0 bridgehead atoms. The Morgan fingerprint density at radius 1 is 1.21 bits per heavy atom. The van der Waals surface area contributed by atoms with Crippen LogP contribution >= 0.6 is 0 Å². The highest BCUT2D eigenvalue weighted by molar-refractivity contribution is 5.75. The summed E-state index contributed by atoms with van der Waals surface area (Å²) in [6.45, 7) is 4.41. The summed E-state index contributed by atoms with van der Waals surface area (Å²) < 4.78 is 2.07. The first-order valence-electron chi connectivity index (χ1n) is 10.0. The molecule has 0 spiro atoms. The molecule has 9 nitrogen and oxygen atoms in total. The number of amides is 2. The number of likely N-dealkylation sites (N-methyl/N-ethyl adjacent to an activating group) is 1. The van der Waals surface area contributed by atoms with Crippen molar-refractivity contribution in [3.05, 3.63) is 36.2 Å². The summed E-state index contributed by atoms with van der Waals surface area (Å²) in [5, 5.41) is 20.7. The SMILES string of the molecule is CCN(CC(=O)O)C1CC(NC(=O)N2CCn3c(nnc3-c3ccccc3)C2)C1. The van der Waals surface area contributed by atoms with Gasteiger partial charge in [-0.3, -0.25) is 9.69 Å². The second kappa shape index (κ2) is 8.20. The van der Waals surface area contributed by atoms with Crippen LogP contribution in [0.5, 0.6) is 0 Å². The number of rotatable bonds is 6. The Hall–Kier alpha value is -2.94. The average molecular weight is 398 g/mol. The third-order valence-electron chi connectivity index (χ3n) is 5.77. The molecule has 154 valence electrons. The van der Waals surface area contributed by atoms with E-state index in [0.29, 0.717) is 26.2 Å². The third kappa shape index (κ3) is 4.09. The van der Waals surface area contributed by atoms with Crippen LogP contribution in [0.3, 0.4) is 0 Å². The van der Waals surface area contributed by atoms with Crippen molar-refractivity contribution in [1.82, 2.24) is 29.9 Å². The van der Waals surface area contributed by atoms with E-state index >= 15 is 0 Å².